The van der Waals surface area contributed by atoms with Crippen LogP contribution < -0.4 is 0 Å². The lowest BCUT2D eigenvalue weighted by Crippen LogP contribution is -1.79. The van der Waals surface area contributed by atoms with Crippen molar-refractivity contribution in [2.75, 3.05) is 0 Å². The van der Waals surface area contributed by atoms with Crippen molar-refractivity contribution in [1.29, 1.82) is 5.26 Å². The molecule has 0 aromatic heterocycles. The van der Waals surface area contributed by atoms with E-state index in [4.69, 9.17) is 5.26 Å². The van der Waals surface area contributed by atoms with Crippen LogP contribution in [0.3, 0.4) is 0 Å². The maximum Gasteiger partial charge on any atom is 0.0621 e. The standard InChI is InChI=1S/C18H33N/c1-2-3-4-5-6-7-8-9-10-11-12-13-14-15-16-17-18-19/h8-9H,2-7,10-17H2,1H3/b9-8+. The summed E-state index contributed by atoms with van der Waals surface area (Å²) in [6, 6.07) is 2.21. The van der Waals surface area contributed by atoms with Crippen LogP contribution in [0.15, 0.2) is 12.2 Å². The van der Waals surface area contributed by atoms with Crippen LogP contribution in [0.4, 0.5) is 0 Å². The minimum absolute atomic E-state index is 0.737. The van der Waals surface area contributed by atoms with Gasteiger partial charge in [0, 0.05) is 6.42 Å². The molecule has 0 amide bonds. The highest BCUT2D eigenvalue weighted by Crippen LogP contribution is 2.09. The predicted octanol–water partition coefficient (Wildman–Crippen LogP) is 6.55. The normalized spacial score (nSPS) is 10.9. The molecule has 0 aliphatic carbocycles. The molecule has 0 bridgehead atoms. The molecular formula is C18H33N. The van der Waals surface area contributed by atoms with E-state index in [1.165, 1.54) is 77.0 Å². The number of nitrogens with zero attached hydrogens (tertiary/aromatic N) is 1. The highest BCUT2D eigenvalue weighted by Gasteiger charge is 1.90. The number of allylic oxidation sites excluding steroid dienone is 2. The number of hydrogen-bond donors (Lipinski definition) is 0. The van der Waals surface area contributed by atoms with Crippen LogP contribution in [-0.4, -0.2) is 0 Å². The monoisotopic (exact) mass is 263 g/mol. The molecule has 1 heteroatoms. The second kappa shape index (κ2) is 17.2. The summed E-state index contributed by atoms with van der Waals surface area (Å²) >= 11 is 0. The van der Waals surface area contributed by atoms with Gasteiger partial charge in [0.05, 0.1) is 6.07 Å². The molecule has 0 aliphatic heterocycles. The zero-order valence-corrected chi connectivity index (χ0v) is 13.0. The Morgan fingerprint density at radius 1 is 0.684 bits per heavy atom. The molecule has 0 aromatic rings. The highest BCUT2D eigenvalue weighted by molar-refractivity contribution is 4.81. The van der Waals surface area contributed by atoms with Crippen molar-refractivity contribution in [2.45, 2.75) is 96.8 Å². The van der Waals surface area contributed by atoms with Crippen LogP contribution >= 0.6 is 0 Å². The van der Waals surface area contributed by atoms with Crippen LogP contribution in [0.1, 0.15) is 96.8 Å². The zero-order valence-electron chi connectivity index (χ0n) is 13.0. The first-order valence-electron chi connectivity index (χ1n) is 8.43. The molecule has 0 radical (unpaired) electrons. The quantitative estimate of drug-likeness (QED) is 0.257. The molecule has 0 heterocycles. The smallest absolute Gasteiger partial charge is 0.0621 e. The van der Waals surface area contributed by atoms with E-state index in [2.05, 4.69) is 25.1 Å². The lowest BCUT2D eigenvalue weighted by atomic mass is 10.1. The molecule has 0 saturated carbocycles. The lowest BCUT2D eigenvalue weighted by Gasteiger charge is -1.99. The molecule has 0 spiro atoms. The van der Waals surface area contributed by atoms with Crippen molar-refractivity contribution in [3.63, 3.8) is 0 Å². The summed E-state index contributed by atoms with van der Waals surface area (Å²) < 4.78 is 0. The summed E-state index contributed by atoms with van der Waals surface area (Å²) in [4.78, 5) is 0. The summed E-state index contributed by atoms with van der Waals surface area (Å²) in [5.41, 5.74) is 0. The van der Waals surface area contributed by atoms with Crippen molar-refractivity contribution >= 4 is 0 Å². The average Bonchev–Trinajstić information content (AvgIpc) is 2.43. The molecule has 0 N–H and O–H groups in total. The first-order chi connectivity index (χ1) is 9.41. The third kappa shape index (κ3) is 17.2. The number of unbranched alkanes of at least 4 members (excludes halogenated alkanes) is 12. The van der Waals surface area contributed by atoms with Crippen LogP contribution in [0.2, 0.25) is 0 Å². The molecule has 0 rings (SSSR count). The van der Waals surface area contributed by atoms with Crippen LogP contribution in [-0.2, 0) is 0 Å². The van der Waals surface area contributed by atoms with Crippen molar-refractivity contribution < 1.29 is 0 Å². The van der Waals surface area contributed by atoms with Crippen LogP contribution in [0.5, 0.6) is 0 Å². The summed E-state index contributed by atoms with van der Waals surface area (Å²) in [7, 11) is 0. The van der Waals surface area contributed by atoms with E-state index in [0.717, 1.165) is 12.8 Å². The molecule has 0 aromatic carbocycles. The van der Waals surface area contributed by atoms with E-state index in [1.54, 1.807) is 0 Å². The van der Waals surface area contributed by atoms with E-state index in [9.17, 15) is 0 Å². The molecule has 0 saturated heterocycles. The van der Waals surface area contributed by atoms with E-state index in [0.29, 0.717) is 0 Å². The van der Waals surface area contributed by atoms with Crippen molar-refractivity contribution in [3.8, 4) is 6.07 Å². The van der Waals surface area contributed by atoms with Gasteiger partial charge in [0.25, 0.3) is 0 Å². The van der Waals surface area contributed by atoms with Gasteiger partial charge in [0.1, 0.15) is 0 Å². The zero-order chi connectivity index (χ0) is 14.0. The first-order valence-corrected chi connectivity index (χ1v) is 8.43. The second-order valence-electron chi connectivity index (χ2n) is 5.49. The van der Waals surface area contributed by atoms with Crippen molar-refractivity contribution in [2.24, 2.45) is 0 Å². The maximum atomic E-state index is 8.41. The van der Waals surface area contributed by atoms with Gasteiger partial charge in [-0.05, 0) is 32.1 Å². The summed E-state index contributed by atoms with van der Waals surface area (Å²) in [5.74, 6) is 0. The molecule has 0 aliphatic rings. The second-order valence-corrected chi connectivity index (χ2v) is 5.49. The Bertz CT molecular complexity index is 224. The molecule has 0 atom stereocenters. The fourth-order valence-electron chi connectivity index (χ4n) is 2.27. The summed E-state index contributed by atoms with van der Waals surface area (Å²) in [5, 5.41) is 8.41. The van der Waals surface area contributed by atoms with Gasteiger partial charge >= 0.3 is 0 Å². The van der Waals surface area contributed by atoms with E-state index >= 15 is 0 Å². The SMILES string of the molecule is CCCCCCC/C=C/CCCCCCCCC#N. The van der Waals surface area contributed by atoms with Gasteiger partial charge in [0.15, 0.2) is 0 Å². The van der Waals surface area contributed by atoms with Gasteiger partial charge in [-0.1, -0.05) is 70.4 Å². The molecule has 0 fully saturated rings. The Labute approximate surface area is 121 Å². The minimum Gasteiger partial charge on any atom is -0.198 e. The molecule has 19 heavy (non-hydrogen) atoms. The molecular weight excluding hydrogens is 230 g/mol. The predicted molar refractivity (Wildman–Crippen MR) is 85.1 cm³/mol. The van der Waals surface area contributed by atoms with E-state index < -0.39 is 0 Å². The Morgan fingerprint density at radius 2 is 1.16 bits per heavy atom. The number of nitriles is 1. The fourth-order valence-corrected chi connectivity index (χ4v) is 2.27. The van der Waals surface area contributed by atoms with Crippen molar-refractivity contribution in [3.05, 3.63) is 12.2 Å². The average molecular weight is 263 g/mol. The number of rotatable bonds is 14. The Morgan fingerprint density at radius 3 is 1.68 bits per heavy atom. The van der Waals surface area contributed by atoms with Crippen LogP contribution in [0, 0.1) is 11.3 Å². The van der Waals surface area contributed by atoms with Gasteiger partial charge in [-0.15, -0.1) is 0 Å². The Hall–Kier alpha value is -0.770. The van der Waals surface area contributed by atoms with Gasteiger partial charge in [-0.2, -0.15) is 5.26 Å². The third-order valence-corrected chi connectivity index (χ3v) is 3.55. The Balaban J connectivity index is 3.03. The molecule has 110 valence electrons. The Kier molecular flexibility index (Phi) is 16.5. The number of hydrogen-bond acceptors (Lipinski definition) is 1. The molecule has 1 nitrogen and oxygen atoms in total. The fraction of sp³-hybridized carbons (Fsp3) is 0.833. The minimum atomic E-state index is 0.737. The first kappa shape index (κ1) is 18.2. The van der Waals surface area contributed by atoms with Crippen LogP contribution in [0.25, 0.3) is 0 Å². The summed E-state index contributed by atoms with van der Waals surface area (Å²) in [6.07, 6.45) is 22.6. The van der Waals surface area contributed by atoms with Gasteiger partial charge in [0.2, 0.25) is 0 Å². The van der Waals surface area contributed by atoms with Gasteiger partial charge in [-0.25, -0.2) is 0 Å². The third-order valence-electron chi connectivity index (χ3n) is 3.55. The largest absolute Gasteiger partial charge is 0.198 e. The lowest BCUT2D eigenvalue weighted by molar-refractivity contribution is 0.600. The topological polar surface area (TPSA) is 23.8 Å². The van der Waals surface area contributed by atoms with E-state index in [1.807, 2.05) is 0 Å². The maximum absolute atomic E-state index is 8.41. The van der Waals surface area contributed by atoms with Gasteiger partial charge < -0.3 is 0 Å². The van der Waals surface area contributed by atoms with E-state index in [-0.39, 0.29) is 0 Å². The van der Waals surface area contributed by atoms with Gasteiger partial charge in [-0.3, -0.25) is 0 Å². The summed E-state index contributed by atoms with van der Waals surface area (Å²) in [6.45, 7) is 2.27. The van der Waals surface area contributed by atoms with Crippen molar-refractivity contribution in [1.82, 2.24) is 0 Å². The molecule has 0 unspecified atom stereocenters. The highest BCUT2D eigenvalue weighted by atomic mass is 14.2.